The maximum atomic E-state index is 13.2. The molecule has 0 heterocycles. The quantitative estimate of drug-likeness (QED) is 0.829. The minimum absolute atomic E-state index is 0.170. The molecule has 3 heteroatoms. The Morgan fingerprint density at radius 3 is 2.54 bits per heavy atom. The third-order valence-corrected chi connectivity index (χ3v) is 5.12. The maximum absolute atomic E-state index is 13.2. The van der Waals surface area contributed by atoms with Crippen molar-refractivity contribution >= 4 is 5.91 Å². The summed E-state index contributed by atoms with van der Waals surface area (Å²) in [5, 5.41) is 0. The lowest BCUT2D eigenvalue weighted by Gasteiger charge is -2.30. The third-order valence-electron chi connectivity index (χ3n) is 5.12. The molecule has 1 unspecified atom stereocenters. The van der Waals surface area contributed by atoms with Gasteiger partial charge in [-0.05, 0) is 54.5 Å². The molecule has 1 saturated carbocycles. The number of aryl methyl sites for hydroxylation is 1. The summed E-state index contributed by atoms with van der Waals surface area (Å²) in [7, 11) is 1.69. The minimum atomic E-state index is 0.170. The van der Waals surface area contributed by atoms with E-state index in [1.54, 1.807) is 7.11 Å². The minimum Gasteiger partial charge on any atom is -0.380 e. The highest BCUT2D eigenvalue weighted by Crippen LogP contribution is 2.42. The Labute approximate surface area is 143 Å². The zero-order valence-corrected chi connectivity index (χ0v) is 14.1. The molecule has 1 amide bonds. The largest absolute Gasteiger partial charge is 0.380 e. The number of hydrogen-bond acceptors (Lipinski definition) is 2. The molecule has 0 saturated heterocycles. The molecule has 3 nitrogen and oxygen atoms in total. The molecule has 0 N–H and O–H groups in total. The van der Waals surface area contributed by atoms with Crippen molar-refractivity contribution in [1.82, 2.24) is 4.90 Å². The highest BCUT2D eigenvalue weighted by atomic mass is 16.5. The van der Waals surface area contributed by atoms with Crippen LogP contribution in [-0.4, -0.2) is 24.0 Å². The van der Waals surface area contributed by atoms with E-state index >= 15 is 0 Å². The van der Waals surface area contributed by atoms with Crippen LogP contribution in [0.25, 0.3) is 0 Å². The van der Waals surface area contributed by atoms with Crippen molar-refractivity contribution in [3.8, 4) is 0 Å². The summed E-state index contributed by atoms with van der Waals surface area (Å²) in [5.74, 6) is 0.170. The molecule has 2 aliphatic rings. The fourth-order valence-electron chi connectivity index (χ4n) is 3.80. The van der Waals surface area contributed by atoms with Crippen LogP contribution in [0, 0.1) is 0 Å². The number of carbonyl (C=O) groups is 1. The highest BCUT2D eigenvalue weighted by Gasteiger charge is 2.40. The van der Waals surface area contributed by atoms with Gasteiger partial charge in [-0.1, -0.05) is 36.4 Å². The highest BCUT2D eigenvalue weighted by molar-refractivity contribution is 5.95. The average molecular weight is 321 g/mol. The fraction of sp³-hybridized carbons (Fsp3) is 0.381. The Balaban J connectivity index is 1.61. The predicted octanol–water partition coefficient (Wildman–Crippen LogP) is 4.13. The molecular weight excluding hydrogens is 298 g/mol. The third kappa shape index (κ3) is 2.84. The van der Waals surface area contributed by atoms with Crippen molar-refractivity contribution in [2.45, 2.75) is 44.4 Å². The Bertz CT molecular complexity index is 734. The summed E-state index contributed by atoms with van der Waals surface area (Å²) in [6.07, 6.45) is 4.38. The Morgan fingerprint density at radius 1 is 1.08 bits per heavy atom. The van der Waals surface area contributed by atoms with Crippen molar-refractivity contribution in [3.63, 3.8) is 0 Å². The number of rotatable bonds is 5. The predicted molar refractivity (Wildman–Crippen MR) is 93.9 cm³/mol. The van der Waals surface area contributed by atoms with E-state index in [2.05, 4.69) is 29.2 Å². The molecule has 0 radical (unpaired) electrons. The van der Waals surface area contributed by atoms with Gasteiger partial charge in [0.15, 0.2) is 0 Å². The molecule has 4 rings (SSSR count). The van der Waals surface area contributed by atoms with Gasteiger partial charge in [-0.2, -0.15) is 0 Å². The Kier molecular flexibility index (Phi) is 4.11. The van der Waals surface area contributed by atoms with E-state index in [1.807, 2.05) is 24.3 Å². The molecule has 1 atom stereocenters. The van der Waals surface area contributed by atoms with E-state index in [9.17, 15) is 4.79 Å². The summed E-state index contributed by atoms with van der Waals surface area (Å²) in [6, 6.07) is 17.1. The van der Waals surface area contributed by atoms with Crippen molar-refractivity contribution in [1.29, 1.82) is 0 Å². The number of methoxy groups -OCH3 is 1. The molecule has 0 aromatic heterocycles. The van der Waals surface area contributed by atoms with Crippen LogP contribution in [0.15, 0.2) is 48.5 Å². The molecule has 2 aromatic rings. The van der Waals surface area contributed by atoms with Crippen LogP contribution >= 0.6 is 0 Å². The monoisotopic (exact) mass is 321 g/mol. The van der Waals surface area contributed by atoms with Gasteiger partial charge in [0.2, 0.25) is 0 Å². The van der Waals surface area contributed by atoms with Crippen LogP contribution in [0.4, 0.5) is 0 Å². The molecule has 2 aromatic carbocycles. The molecule has 2 aliphatic carbocycles. The first kappa shape index (κ1) is 15.4. The van der Waals surface area contributed by atoms with Gasteiger partial charge in [-0.3, -0.25) is 4.79 Å². The number of benzene rings is 2. The van der Waals surface area contributed by atoms with Gasteiger partial charge in [0.05, 0.1) is 12.6 Å². The average Bonchev–Trinajstić information content (AvgIpc) is 3.36. The first-order valence-corrected chi connectivity index (χ1v) is 8.76. The second-order valence-corrected chi connectivity index (χ2v) is 6.83. The van der Waals surface area contributed by atoms with Crippen molar-refractivity contribution < 1.29 is 9.53 Å². The summed E-state index contributed by atoms with van der Waals surface area (Å²) in [5.41, 5.74) is 4.62. The lowest BCUT2D eigenvalue weighted by molar-refractivity contribution is 0.0658. The SMILES string of the molecule is COCc1ccc(C(=O)N(C2CC2)C2CCc3ccccc32)cc1. The van der Waals surface area contributed by atoms with Crippen LogP contribution in [-0.2, 0) is 17.8 Å². The number of ether oxygens (including phenoxy) is 1. The molecule has 1 fully saturated rings. The number of amides is 1. The first-order chi connectivity index (χ1) is 11.8. The smallest absolute Gasteiger partial charge is 0.254 e. The number of carbonyl (C=O) groups excluding carboxylic acids is 1. The molecule has 0 spiro atoms. The van der Waals surface area contributed by atoms with Gasteiger partial charge in [0.1, 0.15) is 0 Å². The second kappa shape index (κ2) is 6.40. The van der Waals surface area contributed by atoms with Crippen LogP contribution in [0.5, 0.6) is 0 Å². The van der Waals surface area contributed by atoms with Crippen molar-refractivity contribution in [2.75, 3.05) is 7.11 Å². The standard InChI is InChI=1S/C21H23NO2/c1-24-14-15-6-8-17(9-7-15)21(23)22(18-11-12-18)20-13-10-16-4-2-3-5-19(16)20/h2-9,18,20H,10-14H2,1H3. The van der Waals surface area contributed by atoms with E-state index in [0.29, 0.717) is 12.6 Å². The second-order valence-electron chi connectivity index (χ2n) is 6.83. The zero-order chi connectivity index (χ0) is 16.5. The van der Waals surface area contributed by atoms with Crippen LogP contribution in [0.1, 0.15) is 52.4 Å². The number of fused-ring (bicyclic) bond motifs is 1. The van der Waals surface area contributed by atoms with E-state index < -0.39 is 0 Å². The van der Waals surface area contributed by atoms with Crippen molar-refractivity contribution in [3.05, 3.63) is 70.8 Å². The van der Waals surface area contributed by atoms with Crippen molar-refractivity contribution in [2.24, 2.45) is 0 Å². The first-order valence-electron chi connectivity index (χ1n) is 8.76. The van der Waals surface area contributed by atoms with E-state index in [1.165, 1.54) is 11.1 Å². The summed E-state index contributed by atoms with van der Waals surface area (Å²) >= 11 is 0. The molecule has 124 valence electrons. The topological polar surface area (TPSA) is 29.5 Å². The Hall–Kier alpha value is -2.13. The summed E-state index contributed by atoms with van der Waals surface area (Å²) in [6.45, 7) is 0.580. The normalized spacial score (nSPS) is 19.1. The zero-order valence-electron chi connectivity index (χ0n) is 14.1. The lowest BCUT2D eigenvalue weighted by Crippen LogP contribution is -2.36. The van der Waals surface area contributed by atoms with Gasteiger partial charge in [-0.15, -0.1) is 0 Å². The van der Waals surface area contributed by atoms with Gasteiger partial charge in [0.25, 0.3) is 5.91 Å². The molecular formula is C21H23NO2. The summed E-state index contributed by atoms with van der Waals surface area (Å²) < 4.78 is 5.15. The van der Waals surface area contributed by atoms with Gasteiger partial charge < -0.3 is 9.64 Å². The van der Waals surface area contributed by atoms with Gasteiger partial charge in [0, 0.05) is 18.7 Å². The molecule has 24 heavy (non-hydrogen) atoms. The Morgan fingerprint density at radius 2 is 1.83 bits per heavy atom. The van der Waals surface area contributed by atoms with E-state index in [4.69, 9.17) is 4.74 Å². The molecule has 0 aliphatic heterocycles. The number of nitrogens with zero attached hydrogens (tertiary/aromatic N) is 1. The maximum Gasteiger partial charge on any atom is 0.254 e. The van der Waals surface area contributed by atoms with E-state index in [-0.39, 0.29) is 11.9 Å². The van der Waals surface area contributed by atoms with E-state index in [0.717, 1.165) is 36.8 Å². The molecule has 0 bridgehead atoms. The van der Waals surface area contributed by atoms with Gasteiger partial charge in [-0.25, -0.2) is 0 Å². The van der Waals surface area contributed by atoms with Crippen LogP contribution in [0.2, 0.25) is 0 Å². The number of hydrogen-bond donors (Lipinski definition) is 0. The van der Waals surface area contributed by atoms with Crippen LogP contribution < -0.4 is 0 Å². The van der Waals surface area contributed by atoms with Crippen LogP contribution in [0.3, 0.4) is 0 Å². The fourth-order valence-corrected chi connectivity index (χ4v) is 3.80. The summed E-state index contributed by atoms with van der Waals surface area (Å²) in [4.78, 5) is 15.3. The lowest BCUT2D eigenvalue weighted by atomic mass is 10.0. The van der Waals surface area contributed by atoms with Gasteiger partial charge >= 0.3 is 0 Å².